The standard InChI is InChI=1S/C18H20FNO/c1-18(21,17-10-9-15(19)12-20-17)11-14-7-4-6-13-5-2-3-8-16(13)14/h2-3,5,8-10,12,14,21H,4,6-7,11H2,1H3. The molecule has 2 atom stereocenters. The van der Waals surface area contributed by atoms with Gasteiger partial charge in [-0.25, -0.2) is 4.39 Å². The van der Waals surface area contributed by atoms with Crippen molar-refractivity contribution in [2.45, 2.75) is 44.1 Å². The van der Waals surface area contributed by atoms with Crippen molar-refractivity contribution in [1.29, 1.82) is 0 Å². The predicted molar refractivity (Wildman–Crippen MR) is 80.5 cm³/mol. The molecule has 2 nitrogen and oxygen atoms in total. The second kappa shape index (κ2) is 5.57. The van der Waals surface area contributed by atoms with Gasteiger partial charge in [-0.15, -0.1) is 0 Å². The molecule has 2 unspecified atom stereocenters. The van der Waals surface area contributed by atoms with Gasteiger partial charge in [-0.2, -0.15) is 0 Å². The lowest BCUT2D eigenvalue weighted by Crippen LogP contribution is -2.27. The van der Waals surface area contributed by atoms with E-state index in [-0.39, 0.29) is 5.82 Å². The highest BCUT2D eigenvalue weighted by molar-refractivity contribution is 5.33. The minimum Gasteiger partial charge on any atom is -0.384 e. The summed E-state index contributed by atoms with van der Waals surface area (Å²) < 4.78 is 13.0. The van der Waals surface area contributed by atoms with E-state index in [1.54, 1.807) is 13.0 Å². The molecule has 0 amide bonds. The normalized spacial score (nSPS) is 20.6. The van der Waals surface area contributed by atoms with E-state index in [1.807, 2.05) is 0 Å². The molecule has 0 saturated carbocycles. The van der Waals surface area contributed by atoms with E-state index >= 15 is 0 Å². The Bertz CT molecular complexity index is 621. The van der Waals surface area contributed by atoms with E-state index < -0.39 is 5.60 Å². The quantitative estimate of drug-likeness (QED) is 0.926. The van der Waals surface area contributed by atoms with E-state index in [2.05, 4.69) is 29.2 Å². The van der Waals surface area contributed by atoms with Crippen LogP contribution in [0.4, 0.5) is 4.39 Å². The van der Waals surface area contributed by atoms with E-state index in [0.717, 1.165) is 19.3 Å². The van der Waals surface area contributed by atoms with Crippen molar-refractivity contribution in [1.82, 2.24) is 4.98 Å². The highest BCUT2D eigenvalue weighted by Crippen LogP contribution is 2.39. The van der Waals surface area contributed by atoms with Gasteiger partial charge in [0.1, 0.15) is 11.4 Å². The number of halogens is 1. The zero-order valence-electron chi connectivity index (χ0n) is 12.2. The Labute approximate surface area is 124 Å². The first-order chi connectivity index (χ1) is 10.1. The number of benzene rings is 1. The molecule has 0 spiro atoms. The zero-order chi connectivity index (χ0) is 14.9. The monoisotopic (exact) mass is 285 g/mol. The van der Waals surface area contributed by atoms with Crippen molar-refractivity contribution in [3.05, 3.63) is 65.2 Å². The lowest BCUT2D eigenvalue weighted by atomic mass is 9.76. The van der Waals surface area contributed by atoms with Crippen LogP contribution in [-0.2, 0) is 12.0 Å². The molecule has 3 rings (SSSR count). The first-order valence-corrected chi connectivity index (χ1v) is 7.48. The third-order valence-corrected chi connectivity index (χ3v) is 4.42. The molecule has 1 aromatic heterocycles. The molecular weight excluding hydrogens is 265 g/mol. The average Bonchev–Trinajstić information content (AvgIpc) is 2.48. The third-order valence-electron chi connectivity index (χ3n) is 4.42. The number of nitrogens with zero attached hydrogens (tertiary/aromatic N) is 1. The number of aromatic nitrogens is 1. The average molecular weight is 285 g/mol. The molecule has 1 heterocycles. The maximum atomic E-state index is 13.0. The molecule has 1 aliphatic carbocycles. The Balaban J connectivity index is 1.84. The van der Waals surface area contributed by atoms with Crippen LogP contribution in [0.2, 0.25) is 0 Å². The SMILES string of the molecule is CC(O)(CC1CCCc2ccccc21)c1ccc(F)cn1. The van der Waals surface area contributed by atoms with Gasteiger partial charge in [0.15, 0.2) is 0 Å². The largest absolute Gasteiger partial charge is 0.384 e. The molecule has 1 aromatic carbocycles. The summed E-state index contributed by atoms with van der Waals surface area (Å²) in [6.45, 7) is 1.77. The van der Waals surface area contributed by atoms with Crippen molar-refractivity contribution in [2.75, 3.05) is 0 Å². The maximum absolute atomic E-state index is 13.0. The second-order valence-electron chi connectivity index (χ2n) is 6.13. The topological polar surface area (TPSA) is 33.1 Å². The molecule has 0 bridgehead atoms. The number of hydrogen-bond acceptors (Lipinski definition) is 2. The number of rotatable bonds is 3. The van der Waals surface area contributed by atoms with Gasteiger partial charge in [-0.1, -0.05) is 24.3 Å². The summed E-state index contributed by atoms with van der Waals surface area (Å²) in [5.41, 5.74) is 2.22. The van der Waals surface area contributed by atoms with Crippen LogP contribution in [0.1, 0.15) is 48.9 Å². The predicted octanol–water partition coefficient (Wildman–Crippen LogP) is 3.94. The summed E-state index contributed by atoms with van der Waals surface area (Å²) in [6.07, 6.45) is 5.12. The van der Waals surface area contributed by atoms with E-state index in [1.165, 1.54) is 23.4 Å². The van der Waals surface area contributed by atoms with Gasteiger partial charge < -0.3 is 5.11 Å². The highest BCUT2D eigenvalue weighted by atomic mass is 19.1. The number of aliphatic hydroxyl groups is 1. The van der Waals surface area contributed by atoms with Crippen LogP contribution in [0.25, 0.3) is 0 Å². The maximum Gasteiger partial charge on any atom is 0.141 e. The van der Waals surface area contributed by atoms with Crippen LogP contribution < -0.4 is 0 Å². The number of pyridine rings is 1. The molecule has 21 heavy (non-hydrogen) atoms. The van der Waals surface area contributed by atoms with Crippen molar-refractivity contribution in [3.8, 4) is 0 Å². The van der Waals surface area contributed by atoms with Crippen molar-refractivity contribution in [3.63, 3.8) is 0 Å². The van der Waals surface area contributed by atoms with Gasteiger partial charge in [-0.3, -0.25) is 4.98 Å². The van der Waals surface area contributed by atoms with Gasteiger partial charge in [0.05, 0.1) is 11.9 Å². The molecule has 110 valence electrons. The molecular formula is C18H20FNO. The van der Waals surface area contributed by atoms with Crippen LogP contribution in [0.3, 0.4) is 0 Å². The lowest BCUT2D eigenvalue weighted by Gasteiger charge is -2.32. The van der Waals surface area contributed by atoms with Crippen molar-refractivity contribution >= 4 is 0 Å². The fourth-order valence-corrected chi connectivity index (χ4v) is 3.35. The smallest absolute Gasteiger partial charge is 0.141 e. The van der Waals surface area contributed by atoms with E-state index in [0.29, 0.717) is 18.0 Å². The van der Waals surface area contributed by atoms with Gasteiger partial charge >= 0.3 is 0 Å². The molecule has 2 aromatic rings. The summed E-state index contributed by atoms with van der Waals surface area (Å²) in [5, 5.41) is 10.8. The van der Waals surface area contributed by atoms with Crippen molar-refractivity contribution < 1.29 is 9.50 Å². The fraction of sp³-hybridized carbons (Fsp3) is 0.389. The zero-order valence-corrected chi connectivity index (χ0v) is 12.2. The molecule has 0 fully saturated rings. The number of hydrogen-bond donors (Lipinski definition) is 1. The summed E-state index contributed by atoms with van der Waals surface area (Å²) in [4.78, 5) is 4.05. The molecule has 0 saturated heterocycles. The van der Waals surface area contributed by atoms with Crippen LogP contribution in [-0.4, -0.2) is 10.1 Å². The summed E-state index contributed by atoms with van der Waals surface area (Å²) in [5.74, 6) is -0.0469. The van der Waals surface area contributed by atoms with Gasteiger partial charge in [-0.05, 0) is 61.8 Å². The fourth-order valence-electron chi connectivity index (χ4n) is 3.35. The Hall–Kier alpha value is -1.74. The van der Waals surface area contributed by atoms with Crippen LogP contribution >= 0.6 is 0 Å². The molecule has 0 radical (unpaired) electrons. The molecule has 3 heteroatoms. The van der Waals surface area contributed by atoms with Crippen LogP contribution in [0.5, 0.6) is 0 Å². The third kappa shape index (κ3) is 2.98. The van der Waals surface area contributed by atoms with E-state index in [9.17, 15) is 9.50 Å². The summed E-state index contributed by atoms with van der Waals surface area (Å²) in [7, 11) is 0. The van der Waals surface area contributed by atoms with Crippen molar-refractivity contribution in [2.24, 2.45) is 0 Å². The first kappa shape index (κ1) is 14.2. The minimum atomic E-state index is -1.04. The summed E-state index contributed by atoms with van der Waals surface area (Å²) >= 11 is 0. The summed E-state index contributed by atoms with van der Waals surface area (Å²) in [6, 6.07) is 11.4. The minimum absolute atomic E-state index is 0.330. The van der Waals surface area contributed by atoms with Crippen LogP contribution in [0.15, 0.2) is 42.6 Å². The molecule has 1 N–H and O–H groups in total. The second-order valence-corrected chi connectivity index (χ2v) is 6.13. The lowest BCUT2D eigenvalue weighted by molar-refractivity contribution is 0.0336. The van der Waals surface area contributed by atoms with Crippen LogP contribution in [0, 0.1) is 5.82 Å². The first-order valence-electron chi connectivity index (χ1n) is 7.48. The Kier molecular flexibility index (Phi) is 3.77. The molecule has 1 aliphatic rings. The Morgan fingerprint density at radius 2 is 2.10 bits per heavy atom. The Morgan fingerprint density at radius 1 is 1.29 bits per heavy atom. The van der Waals surface area contributed by atoms with Gasteiger partial charge in [0.2, 0.25) is 0 Å². The number of fused-ring (bicyclic) bond motifs is 1. The number of aryl methyl sites for hydroxylation is 1. The van der Waals surface area contributed by atoms with Gasteiger partial charge in [0, 0.05) is 0 Å². The highest BCUT2D eigenvalue weighted by Gasteiger charge is 2.31. The van der Waals surface area contributed by atoms with Gasteiger partial charge in [0.25, 0.3) is 0 Å². The van der Waals surface area contributed by atoms with E-state index in [4.69, 9.17) is 0 Å². The molecule has 0 aliphatic heterocycles. The Morgan fingerprint density at radius 3 is 2.86 bits per heavy atom.